The Morgan fingerprint density at radius 1 is 1.42 bits per heavy atom. The number of anilines is 2. The number of amides is 1. The van der Waals surface area contributed by atoms with E-state index in [4.69, 9.17) is 5.73 Å². The van der Waals surface area contributed by atoms with E-state index in [9.17, 15) is 22.4 Å². The van der Waals surface area contributed by atoms with Gasteiger partial charge in [-0.3, -0.25) is 4.79 Å². The van der Waals surface area contributed by atoms with Crippen LogP contribution in [-0.2, 0) is 9.53 Å². The summed E-state index contributed by atoms with van der Waals surface area (Å²) in [4.78, 5) is 11.3. The van der Waals surface area contributed by atoms with Gasteiger partial charge in [-0.1, -0.05) is 6.07 Å². The van der Waals surface area contributed by atoms with Gasteiger partial charge in [0, 0.05) is 11.4 Å². The molecule has 0 radical (unpaired) electrons. The van der Waals surface area contributed by atoms with E-state index in [0.29, 0.717) is 11.4 Å². The number of nitrogens with two attached hydrogens (primary N) is 1. The summed E-state index contributed by atoms with van der Waals surface area (Å²) in [5.74, 6) is -5.01. The van der Waals surface area contributed by atoms with Crippen LogP contribution in [0.15, 0.2) is 24.3 Å². The fourth-order valence-corrected chi connectivity index (χ4v) is 1.16. The van der Waals surface area contributed by atoms with Crippen LogP contribution in [0.3, 0.4) is 0 Å². The largest absolute Gasteiger partial charge is 0.399 e. The van der Waals surface area contributed by atoms with E-state index < -0.39 is 31.5 Å². The van der Waals surface area contributed by atoms with Crippen LogP contribution in [0.4, 0.5) is 28.9 Å². The summed E-state index contributed by atoms with van der Waals surface area (Å²) < 4.78 is 52.7. The Hall–Kier alpha value is -1.83. The Labute approximate surface area is 106 Å². The van der Waals surface area contributed by atoms with Crippen LogP contribution < -0.4 is 11.1 Å². The third-order valence-corrected chi connectivity index (χ3v) is 2.02. The fraction of sp³-hybridized carbons (Fsp3) is 0.364. The summed E-state index contributed by atoms with van der Waals surface area (Å²) in [5, 5.41) is 2.32. The number of halogens is 4. The van der Waals surface area contributed by atoms with Gasteiger partial charge in [-0.05, 0) is 18.2 Å². The third kappa shape index (κ3) is 5.12. The third-order valence-electron chi connectivity index (χ3n) is 2.02. The van der Waals surface area contributed by atoms with Crippen molar-refractivity contribution in [1.82, 2.24) is 0 Å². The van der Waals surface area contributed by atoms with Crippen molar-refractivity contribution in [2.45, 2.75) is 12.3 Å². The normalized spacial score (nSPS) is 11.6. The van der Waals surface area contributed by atoms with Gasteiger partial charge in [-0.2, -0.15) is 8.78 Å². The van der Waals surface area contributed by atoms with Crippen LogP contribution in [0, 0.1) is 0 Å². The Morgan fingerprint density at radius 2 is 2.11 bits per heavy atom. The highest BCUT2D eigenvalue weighted by Gasteiger charge is 2.41. The van der Waals surface area contributed by atoms with E-state index in [1.54, 1.807) is 12.1 Å². The highest BCUT2D eigenvalue weighted by Crippen LogP contribution is 2.22. The number of benzene rings is 1. The second kappa shape index (κ2) is 6.37. The molecule has 0 aromatic heterocycles. The summed E-state index contributed by atoms with van der Waals surface area (Å²) >= 11 is 0. The Balaban J connectivity index is 2.37. The lowest BCUT2D eigenvalue weighted by atomic mass is 10.3. The van der Waals surface area contributed by atoms with Crippen molar-refractivity contribution in [3.8, 4) is 0 Å². The van der Waals surface area contributed by atoms with Crippen LogP contribution >= 0.6 is 0 Å². The summed E-state index contributed by atoms with van der Waals surface area (Å²) in [5.41, 5.74) is 6.22. The van der Waals surface area contributed by atoms with Crippen LogP contribution in [0.1, 0.15) is 0 Å². The number of nitrogen functional groups attached to an aromatic ring is 1. The van der Waals surface area contributed by atoms with Crippen molar-refractivity contribution in [3.63, 3.8) is 0 Å². The molecule has 0 aliphatic heterocycles. The van der Waals surface area contributed by atoms with Gasteiger partial charge in [0.2, 0.25) is 5.91 Å². The topological polar surface area (TPSA) is 64.3 Å². The maximum atomic E-state index is 12.5. The summed E-state index contributed by atoms with van der Waals surface area (Å²) in [6.07, 6.45) is -3.83. The molecule has 4 nitrogen and oxygen atoms in total. The standard InChI is InChI=1S/C11H12F4N2O2/c12-10(13)11(14,15)6-19-5-9(18)17-8-3-1-2-7(16)4-8/h1-4,10H,5-6,16H2,(H,17,18). The number of hydrogen-bond donors (Lipinski definition) is 2. The van der Waals surface area contributed by atoms with Crippen LogP contribution in [0.5, 0.6) is 0 Å². The van der Waals surface area contributed by atoms with E-state index in [2.05, 4.69) is 10.1 Å². The molecule has 106 valence electrons. The summed E-state index contributed by atoms with van der Waals surface area (Å²) in [6.45, 7) is -2.27. The lowest BCUT2D eigenvalue weighted by Gasteiger charge is -2.15. The molecule has 19 heavy (non-hydrogen) atoms. The highest BCUT2D eigenvalue weighted by atomic mass is 19.3. The number of hydrogen-bond acceptors (Lipinski definition) is 3. The van der Waals surface area contributed by atoms with Crippen LogP contribution in [0.25, 0.3) is 0 Å². The van der Waals surface area contributed by atoms with Crippen molar-refractivity contribution in [1.29, 1.82) is 0 Å². The van der Waals surface area contributed by atoms with E-state index in [1.807, 2.05) is 0 Å². The van der Waals surface area contributed by atoms with Crippen LogP contribution in [0.2, 0.25) is 0 Å². The van der Waals surface area contributed by atoms with Gasteiger partial charge in [0.05, 0.1) is 0 Å². The smallest absolute Gasteiger partial charge is 0.330 e. The molecule has 1 aromatic carbocycles. The first-order valence-electron chi connectivity index (χ1n) is 5.20. The predicted octanol–water partition coefficient (Wildman–Crippen LogP) is 2.12. The second-order valence-electron chi connectivity index (χ2n) is 3.73. The maximum absolute atomic E-state index is 12.5. The molecule has 0 unspecified atom stereocenters. The molecule has 1 rings (SSSR count). The van der Waals surface area contributed by atoms with Crippen molar-refractivity contribution in [2.24, 2.45) is 0 Å². The minimum Gasteiger partial charge on any atom is -0.399 e. The number of carbonyl (C=O) groups excluding carboxylic acids is 1. The molecule has 8 heteroatoms. The summed E-state index contributed by atoms with van der Waals surface area (Å²) in [7, 11) is 0. The quantitative estimate of drug-likeness (QED) is 0.619. The first kappa shape index (κ1) is 15.2. The molecule has 0 saturated carbocycles. The molecule has 0 atom stereocenters. The first-order valence-corrected chi connectivity index (χ1v) is 5.20. The van der Waals surface area contributed by atoms with E-state index >= 15 is 0 Å². The first-order chi connectivity index (χ1) is 8.81. The molecular formula is C11H12F4N2O2. The molecule has 0 spiro atoms. The van der Waals surface area contributed by atoms with Gasteiger partial charge in [0.25, 0.3) is 0 Å². The average molecular weight is 280 g/mol. The highest BCUT2D eigenvalue weighted by molar-refractivity contribution is 5.92. The monoisotopic (exact) mass is 280 g/mol. The number of carbonyl (C=O) groups is 1. The molecule has 0 fully saturated rings. The summed E-state index contributed by atoms with van der Waals surface area (Å²) in [6, 6.07) is 6.15. The SMILES string of the molecule is Nc1cccc(NC(=O)COCC(F)(F)C(F)F)c1. The molecule has 3 N–H and O–H groups in total. The molecule has 0 heterocycles. The van der Waals surface area contributed by atoms with E-state index in [1.165, 1.54) is 12.1 Å². The van der Waals surface area contributed by atoms with E-state index in [-0.39, 0.29) is 0 Å². The van der Waals surface area contributed by atoms with Crippen molar-refractivity contribution in [3.05, 3.63) is 24.3 Å². The number of rotatable bonds is 6. The molecule has 1 aromatic rings. The van der Waals surface area contributed by atoms with Crippen LogP contribution in [-0.4, -0.2) is 31.5 Å². The zero-order valence-electron chi connectivity index (χ0n) is 9.71. The van der Waals surface area contributed by atoms with Crippen molar-refractivity contribution < 1.29 is 27.1 Å². The molecular weight excluding hydrogens is 268 g/mol. The molecule has 1 amide bonds. The average Bonchev–Trinajstić information content (AvgIpc) is 2.28. The molecule has 0 aliphatic rings. The van der Waals surface area contributed by atoms with Gasteiger partial charge in [-0.15, -0.1) is 0 Å². The molecule has 0 aliphatic carbocycles. The van der Waals surface area contributed by atoms with Crippen molar-refractivity contribution in [2.75, 3.05) is 24.3 Å². The minimum atomic E-state index is -4.27. The zero-order valence-corrected chi connectivity index (χ0v) is 9.71. The van der Waals surface area contributed by atoms with Gasteiger partial charge in [-0.25, -0.2) is 8.78 Å². The Morgan fingerprint density at radius 3 is 2.68 bits per heavy atom. The Kier molecular flexibility index (Phi) is 5.11. The number of nitrogens with one attached hydrogen (secondary N) is 1. The second-order valence-corrected chi connectivity index (χ2v) is 3.73. The molecule has 0 saturated heterocycles. The molecule has 0 bridgehead atoms. The zero-order chi connectivity index (χ0) is 14.5. The van der Waals surface area contributed by atoms with Gasteiger partial charge >= 0.3 is 12.3 Å². The minimum absolute atomic E-state index is 0.356. The van der Waals surface area contributed by atoms with Gasteiger partial charge in [0.1, 0.15) is 13.2 Å². The lowest BCUT2D eigenvalue weighted by molar-refractivity contribution is -0.167. The predicted molar refractivity (Wildman–Crippen MR) is 61.3 cm³/mol. The fourth-order valence-electron chi connectivity index (χ4n) is 1.16. The van der Waals surface area contributed by atoms with Crippen molar-refractivity contribution >= 4 is 17.3 Å². The number of alkyl halides is 4. The van der Waals surface area contributed by atoms with Gasteiger partial charge in [0.15, 0.2) is 0 Å². The Bertz CT molecular complexity index is 440. The number of ether oxygens (including phenoxy) is 1. The van der Waals surface area contributed by atoms with E-state index in [0.717, 1.165) is 0 Å². The lowest BCUT2D eigenvalue weighted by Crippen LogP contribution is -2.33. The van der Waals surface area contributed by atoms with Gasteiger partial charge < -0.3 is 15.8 Å². The maximum Gasteiger partial charge on any atom is 0.330 e.